The molecule has 0 saturated carbocycles. The molecule has 0 aliphatic carbocycles. The largest absolute Gasteiger partial charge is 0.387 e. The van der Waals surface area contributed by atoms with Gasteiger partial charge in [0.25, 0.3) is 10.1 Å². The van der Waals surface area contributed by atoms with Crippen LogP contribution in [0.3, 0.4) is 0 Å². The number of unbranched alkanes of at least 4 members (excludes halogenated alkanes) is 22. The molecule has 0 aliphatic rings. The van der Waals surface area contributed by atoms with E-state index in [4.69, 9.17) is 0 Å². The second kappa shape index (κ2) is 34.0. The number of carbonyl (C=O) groups excluding carboxylic acids is 1. The standard InChI is InChI=1S/C40H75NO6S/c1-3-5-7-9-11-13-15-16-17-18-19-20-21-22-23-25-26-28-30-32-34-38(42)37(36-48(45,46)47)41-40(44)39(43)35-33-31-29-27-24-14-12-10-8-6-4-2/h12,14,25-26,32,34,37-39,42-43H,3-11,13,15-24,27-31,33,35-36H2,1-2H3,(H,41,44)(H,45,46,47)/b14-12-,26-25+,34-32+. The number of aliphatic hydroxyl groups is 2. The molecule has 0 bridgehead atoms. The van der Waals surface area contributed by atoms with Gasteiger partial charge in [0.1, 0.15) is 6.10 Å². The zero-order valence-electron chi connectivity index (χ0n) is 31.0. The monoisotopic (exact) mass is 698 g/mol. The first-order valence-electron chi connectivity index (χ1n) is 19.8. The Kier molecular flexibility index (Phi) is 32.9. The van der Waals surface area contributed by atoms with Gasteiger partial charge in [0.2, 0.25) is 5.91 Å². The van der Waals surface area contributed by atoms with E-state index in [1.165, 1.54) is 115 Å². The Hall–Kier alpha value is -1.48. The normalized spacial score (nSPS) is 14.4. The molecule has 0 rings (SSSR count). The molecule has 0 saturated heterocycles. The molecule has 0 spiro atoms. The Bertz CT molecular complexity index is 917. The van der Waals surface area contributed by atoms with Crippen LogP contribution >= 0.6 is 0 Å². The van der Waals surface area contributed by atoms with Crippen molar-refractivity contribution < 1.29 is 28.0 Å². The van der Waals surface area contributed by atoms with Crippen LogP contribution in [0.25, 0.3) is 0 Å². The van der Waals surface area contributed by atoms with Gasteiger partial charge < -0.3 is 15.5 Å². The molecule has 282 valence electrons. The fourth-order valence-corrected chi connectivity index (χ4v) is 6.55. The van der Waals surface area contributed by atoms with E-state index in [-0.39, 0.29) is 6.42 Å². The van der Waals surface area contributed by atoms with Gasteiger partial charge in [-0.15, -0.1) is 0 Å². The summed E-state index contributed by atoms with van der Waals surface area (Å²) >= 11 is 0. The molecule has 48 heavy (non-hydrogen) atoms. The quantitative estimate of drug-likeness (QED) is 0.0297. The van der Waals surface area contributed by atoms with Crippen molar-refractivity contribution in [2.75, 3.05) is 5.75 Å². The van der Waals surface area contributed by atoms with Crippen LogP contribution in [0.5, 0.6) is 0 Å². The van der Waals surface area contributed by atoms with Crippen molar-refractivity contribution in [2.24, 2.45) is 0 Å². The van der Waals surface area contributed by atoms with Crippen molar-refractivity contribution in [1.82, 2.24) is 5.32 Å². The van der Waals surface area contributed by atoms with Crippen molar-refractivity contribution in [3.05, 3.63) is 36.5 Å². The number of nitrogens with one attached hydrogen (secondary N) is 1. The maximum absolute atomic E-state index is 12.5. The van der Waals surface area contributed by atoms with Gasteiger partial charge in [0.05, 0.1) is 17.9 Å². The SMILES string of the molecule is CCCCC/C=C\CCCCCCC(O)C(=O)NC(CS(=O)(=O)O)C(O)/C=C/CC/C=C/CCCCCCCCCCCCCCCC. The van der Waals surface area contributed by atoms with E-state index >= 15 is 0 Å². The lowest BCUT2D eigenvalue weighted by Gasteiger charge is -2.22. The van der Waals surface area contributed by atoms with Gasteiger partial charge in [0, 0.05) is 0 Å². The molecule has 1 amide bonds. The Balaban J connectivity index is 4.09. The lowest BCUT2D eigenvalue weighted by molar-refractivity contribution is -0.130. The molecule has 0 heterocycles. The summed E-state index contributed by atoms with van der Waals surface area (Å²) in [5, 5.41) is 23.3. The number of allylic oxidation sites excluding steroid dienone is 5. The predicted molar refractivity (Wildman–Crippen MR) is 204 cm³/mol. The number of rotatable bonds is 35. The van der Waals surface area contributed by atoms with Crippen molar-refractivity contribution >= 4 is 16.0 Å². The van der Waals surface area contributed by atoms with E-state index in [2.05, 4.69) is 43.5 Å². The van der Waals surface area contributed by atoms with Crippen LogP contribution in [0.1, 0.15) is 187 Å². The summed E-state index contributed by atoms with van der Waals surface area (Å²) in [5.74, 6) is -1.57. The summed E-state index contributed by atoms with van der Waals surface area (Å²) in [4.78, 5) is 12.5. The molecule has 0 fully saturated rings. The average Bonchev–Trinajstić information content (AvgIpc) is 3.05. The number of aliphatic hydroxyl groups excluding tert-OH is 2. The molecule has 0 aromatic carbocycles. The number of hydrogen-bond acceptors (Lipinski definition) is 5. The summed E-state index contributed by atoms with van der Waals surface area (Å²) in [6, 6.07) is -1.25. The van der Waals surface area contributed by atoms with E-state index in [0.29, 0.717) is 12.8 Å². The first-order chi connectivity index (χ1) is 23.2. The average molecular weight is 698 g/mol. The maximum atomic E-state index is 12.5. The third kappa shape index (κ3) is 33.0. The van der Waals surface area contributed by atoms with E-state index in [1.54, 1.807) is 6.08 Å². The molecule has 4 N–H and O–H groups in total. The molecule has 0 radical (unpaired) electrons. The lowest BCUT2D eigenvalue weighted by Crippen LogP contribution is -2.50. The van der Waals surface area contributed by atoms with E-state index in [1.807, 2.05) is 0 Å². The zero-order chi connectivity index (χ0) is 35.6. The van der Waals surface area contributed by atoms with Gasteiger partial charge >= 0.3 is 0 Å². The van der Waals surface area contributed by atoms with Gasteiger partial charge in [-0.2, -0.15) is 8.42 Å². The Morgan fingerprint density at radius 2 is 0.938 bits per heavy atom. The third-order valence-electron chi connectivity index (χ3n) is 8.90. The van der Waals surface area contributed by atoms with Crippen LogP contribution in [0.2, 0.25) is 0 Å². The van der Waals surface area contributed by atoms with Crippen LogP contribution in [0.15, 0.2) is 36.5 Å². The Morgan fingerprint density at radius 3 is 1.42 bits per heavy atom. The maximum Gasteiger partial charge on any atom is 0.267 e. The Morgan fingerprint density at radius 1 is 0.562 bits per heavy atom. The van der Waals surface area contributed by atoms with E-state index in [9.17, 15) is 28.0 Å². The summed E-state index contributed by atoms with van der Waals surface area (Å²) in [6.07, 6.45) is 40.7. The van der Waals surface area contributed by atoms with Gasteiger partial charge in [-0.25, -0.2) is 0 Å². The summed E-state index contributed by atoms with van der Waals surface area (Å²) in [7, 11) is -4.45. The highest BCUT2D eigenvalue weighted by Gasteiger charge is 2.27. The molecule has 3 unspecified atom stereocenters. The van der Waals surface area contributed by atoms with Crippen molar-refractivity contribution in [1.29, 1.82) is 0 Å². The number of carbonyl (C=O) groups is 1. The van der Waals surface area contributed by atoms with Gasteiger partial charge in [-0.1, -0.05) is 166 Å². The predicted octanol–water partition coefficient (Wildman–Crippen LogP) is 10.3. The fourth-order valence-electron chi connectivity index (χ4n) is 5.82. The molecule has 3 atom stereocenters. The summed E-state index contributed by atoms with van der Waals surface area (Å²) < 4.78 is 32.4. The smallest absolute Gasteiger partial charge is 0.267 e. The highest BCUT2D eigenvalue weighted by molar-refractivity contribution is 7.85. The first-order valence-corrected chi connectivity index (χ1v) is 21.4. The highest BCUT2D eigenvalue weighted by Crippen LogP contribution is 2.14. The fraction of sp³-hybridized carbons (Fsp3) is 0.825. The molecular weight excluding hydrogens is 623 g/mol. The van der Waals surface area contributed by atoms with Crippen LogP contribution in [0, 0.1) is 0 Å². The van der Waals surface area contributed by atoms with Crippen molar-refractivity contribution in [2.45, 2.75) is 205 Å². The molecule has 7 nitrogen and oxygen atoms in total. The van der Waals surface area contributed by atoms with Crippen molar-refractivity contribution in [3.63, 3.8) is 0 Å². The second-order valence-corrected chi connectivity index (χ2v) is 15.2. The van der Waals surface area contributed by atoms with Gasteiger partial charge in [-0.05, 0) is 57.8 Å². The van der Waals surface area contributed by atoms with Crippen LogP contribution in [-0.2, 0) is 14.9 Å². The summed E-state index contributed by atoms with van der Waals surface area (Å²) in [6.45, 7) is 4.47. The van der Waals surface area contributed by atoms with Crippen LogP contribution in [-0.4, -0.2) is 53.1 Å². The third-order valence-corrected chi connectivity index (χ3v) is 9.68. The van der Waals surface area contributed by atoms with Crippen molar-refractivity contribution in [3.8, 4) is 0 Å². The topological polar surface area (TPSA) is 124 Å². The molecule has 8 heteroatoms. The minimum Gasteiger partial charge on any atom is -0.387 e. The molecule has 0 aliphatic heterocycles. The summed E-state index contributed by atoms with van der Waals surface area (Å²) in [5.41, 5.74) is 0. The minimum absolute atomic E-state index is 0.259. The van der Waals surface area contributed by atoms with E-state index < -0.39 is 40.0 Å². The molecule has 0 aromatic rings. The Labute approximate surface area is 296 Å². The van der Waals surface area contributed by atoms with Crippen LogP contribution < -0.4 is 5.32 Å². The number of hydrogen-bond donors (Lipinski definition) is 4. The lowest BCUT2D eigenvalue weighted by atomic mass is 10.0. The zero-order valence-corrected chi connectivity index (χ0v) is 31.8. The first kappa shape index (κ1) is 46.5. The highest BCUT2D eigenvalue weighted by atomic mass is 32.2. The van der Waals surface area contributed by atoms with E-state index in [0.717, 1.165) is 44.9 Å². The van der Waals surface area contributed by atoms with Gasteiger partial charge in [0.15, 0.2) is 0 Å². The minimum atomic E-state index is -4.45. The van der Waals surface area contributed by atoms with Gasteiger partial charge in [-0.3, -0.25) is 9.35 Å². The number of amides is 1. The van der Waals surface area contributed by atoms with Crippen LogP contribution in [0.4, 0.5) is 0 Å². The molecular formula is C40H75NO6S. The molecule has 0 aromatic heterocycles. The second-order valence-electron chi connectivity index (χ2n) is 13.7.